The summed E-state index contributed by atoms with van der Waals surface area (Å²) in [7, 11) is 1.64. The second-order valence-electron chi connectivity index (χ2n) is 5.24. The Bertz CT molecular complexity index is 457. The molecule has 0 fully saturated rings. The van der Waals surface area contributed by atoms with Crippen molar-refractivity contribution in [2.24, 2.45) is 5.92 Å². The smallest absolute Gasteiger partial charge is 0.243 e. The van der Waals surface area contributed by atoms with Gasteiger partial charge in [0, 0.05) is 24.2 Å². The van der Waals surface area contributed by atoms with Crippen LogP contribution in [0.3, 0.4) is 0 Å². The summed E-state index contributed by atoms with van der Waals surface area (Å²) in [6.45, 7) is 4.20. The summed E-state index contributed by atoms with van der Waals surface area (Å²) in [5.74, 6) is 0.257. The van der Waals surface area contributed by atoms with E-state index in [1.165, 1.54) is 4.90 Å². The third-order valence-corrected chi connectivity index (χ3v) is 3.12. The first kappa shape index (κ1) is 16.5. The highest BCUT2D eigenvalue weighted by Gasteiger charge is 2.13. The van der Waals surface area contributed by atoms with Crippen molar-refractivity contribution in [3.63, 3.8) is 0 Å². The Balaban J connectivity index is 2.41. The van der Waals surface area contributed by atoms with E-state index in [1.54, 1.807) is 31.3 Å². The van der Waals surface area contributed by atoms with Crippen molar-refractivity contribution >= 4 is 29.1 Å². The SMILES string of the molecule is CC(C)CCC(=O)N(C)CC(=O)Nc1ccc(Cl)cc1. The van der Waals surface area contributed by atoms with Crippen molar-refractivity contribution in [2.45, 2.75) is 26.7 Å². The summed E-state index contributed by atoms with van der Waals surface area (Å²) in [5, 5.41) is 3.34. The summed E-state index contributed by atoms with van der Waals surface area (Å²) < 4.78 is 0. The molecule has 0 aliphatic carbocycles. The lowest BCUT2D eigenvalue weighted by Crippen LogP contribution is -2.34. The zero-order valence-electron chi connectivity index (χ0n) is 12.1. The summed E-state index contributed by atoms with van der Waals surface area (Å²) in [4.78, 5) is 25.1. The Labute approximate surface area is 125 Å². The lowest BCUT2D eigenvalue weighted by Gasteiger charge is -2.17. The molecule has 0 saturated carbocycles. The van der Waals surface area contributed by atoms with Crippen molar-refractivity contribution in [1.29, 1.82) is 0 Å². The molecule has 20 heavy (non-hydrogen) atoms. The summed E-state index contributed by atoms with van der Waals surface area (Å²) >= 11 is 5.77. The molecule has 1 aromatic carbocycles. The van der Waals surface area contributed by atoms with Gasteiger partial charge in [0.15, 0.2) is 0 Å². The third kappa shape index (κ3) is 6.06. The van der Waals surface area contributed by atoms with E-state index in [4.69, 9.17) is 11.6 Å². The quantitative estimate of drug-likeness (QED) is 0.876. The molecule has 0 unspecified atom stereocenters. The van der Waals surface area contributed by atoms with Gasteiger partial charge in [0.25, 0.3) is 0 Å². The lowest BCUT2D eigenvalue weighted by molar-refractivity contribution is -0.133. The Morgan fingerprint density at radius 3 is 2.40 bits per heavy atom. The Morgan fingerprint density at radius 2 is 1.85 bits per heavy atom. The second-order valence-corrected chi connectivity index (χ2v) is 5.67. The van der Waals surface area contributed by atoms with Crippen molar-refractivity contribution in [3.8, 4) is 0 Å². The summed E-state index contributed by atoms with van der Waals surface area (Å²) in [6.07, 6.45) is 1.31. The number of halogens is 1. The minimum Gasteiger partial charge on any atom is -0.336 e. The highest BCUT2D eigenvalue weighted by Crippen LogP contribution is 2.13. The molecule has 0 aliphatic rings. The number of nitrogens with one attached hydrogen (secondary N) is 1. The van der Waals surface area contributed by atoms with Crippen LogP contribution < -0.4 is 5.32 Å². The van der Waals surface area contributed by atoms with E-state index in [-0.39, 0.29) is 18.4 Å². The fourth-order valence-electron chi connectivity index (χ4n) is 1.64. The molecule has 0 bridgehead atoms. The van der Waals surface area contributed by atoms with Crippen LogP contribution in [0.2, 0.25) is 5.02 Å². The third-order valence-electron chi connectivity index (χ3n) is 2.87. The molecule has 0 saturated heterocycles. The zero-order valence-corrected chi connectivity index (χ0v) is 12.9. The fourth-order valence-corrected chi connectivity index (χ4v) is 1.77. The molecule has 2 amide bonds. The van der Waals surface area contributed by atoms with Crippen LogP contribution in [0.4, 0.5) is 5.69 Å². The van der Waals surface area contributed by atoms with E-state index in [0.29, 0.717) is 23.0 Å². The predicted molar refractivity (Wildman–Crippen MR) is 81.8 cm³/mol. The maximum absolute atomic E-state index is 11.8. The van der Waals surface area contributed by atoms with Crippen molar-refractivity contribution < 1.29 is 9.59 Å². The first-order chi connectivity index (χ1) is 9.38. The second kappa shape index (κ2) is 7.90. The van der Waals surface area contributed by atoms with E-state index >= 15 is 0 Å². The van der Waals surface area contributed by atoms with Gasteiger partial charge in [-0.3, -0.25) is 9.59 Å². The molecule has 0 heterocycles. The van der Waals surface area contributed by atoms with E-state index in [1.807, 2.05) is 0 Å². The maximum Gasteiger partial charge on any atom is 0.243 e. The van der Waals surface area contributed by atoms with Crippen LogP contribution in [0.1, 0.15) is 26.7 Å². The van der Waals surface area contributed by atoms with Gasteiger partial charge in [0.2, 0.25) is 11.8 Å². The first-order valence-electron chi connectivity index (χ1n) is 6.68. The average molecular weight is 297 g/mol. The average Bonchev–Trinajstić information content (AvgIpc) is 2.38. The van der Waals surface area contributed by atoms with Gasteiger partial charge in [0.05, 0.1) is 6.54 Å². The number of rotatable bonds is 6. The van der Waals surface area contributed by atoms with Crippen LogP contribution in [0.5, 0.6) is 0 Å². The molecule has 1 rings (SSSR count). The van der Waals surface area contributed by atoms with E-state index < -0.39 is 0 Å². The van der Waals surface area contributed by atoms with Gasteiger partial charge in [-0.2, -0.15) is 0 Å². The molecule has 110 valence electrons. The highest BCUT2D eigenvalue weighted by atomic mass is 35.5. The number of carbonyl (C=O) groups is 2. The fraction of sp³-hybridized carbons (Fsp3) is 0.467. The Hall–Kier alpha value is -1.55. The van der Waals surface area contributed by atoms with Crippen molar-refractivity contribution in [1.82, 2.24) is 4.90 Å². The monoisotopic (exact) mass is 296 g/mol. The van der Waals surface area contributed by atoms with Crippen molar-refractivity contribution in [3.05, 3.63) is 29.3 Å². The van der Waals surface area contributed by atoms with Crippen LogP contribution in [0, 0.1) is 5.92 Å². The molecule has 0 aliphatic heterocycles. The summed E-state index contributed by atoms with van der Waals surface area (Å²) in [5.41, 5.74) is 0.669. The predicted octanol–water partition coefficient (Wildman–Crippen LogP) is 3.17. The van der Waals surface area contributed by atoms with E-state index in [0.717, 1.165) is 6.42 Å². The molecular weight excluding hydrogens is 276 g/mol. The number of hydrogen-bond acceptors (Lipinski definition) is 2. The number of carbonyl (C=O) groups excluding carboxylic acids is 2. The minimum absolute atomic E-state index is 0.00930. The molecule has 1 N–H and O–H groups in total. The normalized spacial score (nSPS) is 10.4. The Morgan fingerprint density at radius 1 is 1.25 bits per heavy atom. The number of benzene rings is 1. The molecular formula is C15H21ClN2O2. The standard InChI is InChI=1S/C15H21ClN2O2/c1-11(2)4-9-15(20)18(3)10-14(19)17-13-7-5-12(16)6-8-13/h5-8,11H,4,9-10H2,1-3H3,(H,17,19). The number of likely N-dealkylation sites (N-methyl/N-ethyl adjacent to an activating group) is 1. The Kier molecular flexibility index (Phi) is 6.52. The van der Waals surface area contributed by atoms with E-state index in [2.05, 4.69) is 19.2 Å². The molecule has 0 atom stereocenters. The first-order valence-corrected chi connectivity index (χ1v) is 7.05. The largest absolute Gasteiger partial charge is 0.336 e. The van der Waals surface area contributed by atoms with Crippen LogP contribution >= 0.6 is 11.6 Å². The number of hydrogen-bond donors (Lipinski definition) is 1. The van der Waals surface area contributed by atoms with Gasteiger partial charge in [0.1, 0.15) is 0 Å². The number of nitrogens with zero attached hydrogens (tertiary/aromatic N) is 1. The molecule has 0 aromatic heterocycles. The van der Waals surface area contributed by atoms with Gasteiger partial charge in [-0.1, -0.05) is 25.4 Å². The molecule has 4 nitrogen and oxygen atoms in total. The van der Waals surface area contributed by atoms with Crippen molar-refractivity contribution in [2.75, 3.05) is 18.9 Å². The molecule has 1 aromatic rings. The number of anilines is 1. The molecule has 0 spiro atoms. The van der Waals surface area contributed by atoms with Crippen LogP contribution in [0.15, 0.2) is 24.3 Å². The minimum atomic E-state index is -0.215. The lowest BCUT2D eigenvalue weighted by atomic mass is 10.1. The number of amides is 2. The van der Waals surface area contributed by atoms with Gasteiger partial charge in [-0.25, -0.2) is 0 Å². The topological polar surface area (TPSA) is 49.4 Å². The molecule has 5 heteroatoms. The maximum atomic E-state index is 11.8. The van der Waals surface area contributed by atoms with Gasteiger partial charge >= 0.3 is 0 Å². The highest BCUT2D eigenvalue weighted by molar-refractivity contribution is 6.30. The zero-order chi connectivity index (χ0) is 15.1. The van der Waals surface area contributed by atoms with Crippen LogP contribution in [-0.4, -0.2) is 30.3 Å². The van der Waals surface area contributed by atoms with E-state index in [9.17, 15) is 9.59 Å². The summed E-state index contributed by atoms with van der Waals surface area (Å²) in [6, 6.07) is 6.85. The van der Waals surface area contributed by atoms with Gasteiger partial charge in [-0.05, 0) is 36.6 Å². The molecule has 0 radical (unpaired) electrons. The van der Waals surface area contributed by atoms with Gasteiger partial charge < -0.3 is 10.2 Å². The van der Waals surface area contributed by atoms with Gasteiger partial charge in [-0.15, -0.1) is 0 Å². The van der Waals surface area contributed by atoms with Crippen LogP contribution in [-0.2, 0) is 9.59 Å². The van der Waals surface area contributed by atoms with Crippen LogP contribution in [0.25, 0.3) is 0 Å².